The minimum absolute atomic E-state index is 0.162. The minimum atomic E-state index is -0.392. The molecular weight excluding hydrogens is 240 g/mol. The van der Waals surface area contributed by atoms with E-state index in [9.17, 15) is 4.79 Å². The van der Waals surface area contributed by atoms with E-state index in [0.717, 1.165) is 38.4 Å². The van der Waals surface area contributed by atoms with Crippen LogP contribution < -0.4 is 5.32 Å². The molecule has 0 unspecified atom stereocenters. The van der Waals surface area contributed by atoms with E-state index in [0.29, 0.717) is 6.04 Å². The summed E-state index contributed by atoms with van der Waals surface area (Å²) in [7, 11) is 0. The Bertz CT molecular complexity index is 300. The van der Waals surface area contributed by atoms with Crippen LogP contribution in [0.2, 0.25) is 0 Å². The first-order valence-corrected chi connectivity index (χ1v) is 7.65. The molecule has 1 saturated heterocycles. The molecule has 1 amide bonds. The molecular formula is C15H28N2O2. The van der Waals surface area contributed by atoms with Gasteiger partial charge < -0.3 is 15.0 Å². The van der Waals surface area contributed by atoms with E-state index < -0.39 is 5.60 Å². The van der Waals surface area contributed by atoms with Crippen LogP contribution in [0.4, 0.5) is 4.79 Å². The summed E-state index contributed by atoms with van der Waals surface area (Å²) in [6, 6.07) is 0.583. The average Bonchev–Trinajstić information content (AvgIpc) is 2.25. The third-order valence-electron chi connectivity index (χ3n) is 4.07. The van der Waals surface area contributed by atoms with E-state index in [1.54, 1.807) is 0 Å². The first kappa shape index (κ1) is 14.6. The van der Waals surface area contributed by atoms with E-state index in [1.807, 2.05) is 25.7 Å². The molecule has 0 spiro atoms. The lowest BCUT2D eigenvalue weighted by atomic mass is 9.85. The zero-order chi connectivity index (χ0) is 13.9. The van der Waals surface area contributed by atoms with E-state index >= 15 is 0 Å². The van der Waals surface area contributed by atoms with Gasteiger partial charge in [-0.1, -0.05) is 6.42 Å². The smallest absolute Gasteiger partial charge is 0.410 e. The van der Waals surface area contributed by atoms with Crippen LogP contribution in [0, 0.1) is 5.92 Å². The second-order valence-corrected chi connectivity index (χ2v) is 6.95. The van der Waals surface area contributed by atoms with Crippen molar-refractivity contribution in [3.05, 3.63) is 0 Å². The highest BCUT2D eigenvalue weighted by Crippen LogP contribution is 2.25. The van der Waals surface area contributed by atoms with E-state index in [-0.39, 0.29) is 6.09 Å². The molecule has 0 atom stereocenters. The number of likely N-dealkylation sites (tertiary alicyclic amines) is 1. The Kier molecular flexibility index (Phi) is 4.71. The standard InChI is InChI=1S/C15H28N2O2/c1-15(2,3)19-14(18)17-9-7-13(8-10-17)16-11-12-5-4-6-12/h12-13,16H,4-11H2,1-3H3. The predicted molar refractivity (Wildman–Crippen MR) is 76.2 cm³/mol. The molecule has 0 aromatic rings. The largest absolute Gasteiger partial charge is 0.444 e. The monoisotopic (exact) mass is 268 g/mol. The lowest BCUT2D eigenvalue weighted by Crippen LogP contribution is -2.47. The molecule has 110 valence electrons. The summed E-state index contributed by atoms with van der Waals surface area (Å²) < 4.78 is 5.40. The van der Waals surface area contributed by atoms with Crippen molar-refractivity contribution in [3.63, 3.8) is 0 Å². The summed E-state index contributed by atoms with van der Waals surface area (Å²) in [4.78, 5) is 13.8. The molecule has 0 radical (unpaired) electrons. The number of hydrogen-bond acceptors (Lipinski definition) is 3. The number of piperidine rings is 1. The normalized spacial score (nSPS) is 22.2. The number of carbonyl (C=O) groups excluding carboxylic acids is 1. The van der Waals surface area contributed by atoms with Crippen LogP contribution in [0.25, 0.3) is 0 Å². The van der Waals surface area contributed by atoms with Crippen LogP contribution >= 0.6 is 0 Å². The second kappa shape index (κ2) is 6.12. The van der Waals surface area contributed by atoms with Gasteiger partial charge in [-0.2, -0.15) is 0 Å². The molecule has 1 aliphatic heterocycles. The maximum absolute atomic E-state index is 11.9. The Morgan fingerprint density at radius 1 is 1.21 bits per heavy atom. The quantitative estimate of drug-likeness (QED) is 0.855. The Hall–Kier alpha value is -0.770. The van der Waals surface area contributed by atoms with Crippen LogP contribution in [0.15, 0.2) is 0 Å². The third-order valence-corrected chi connectivity index (χ3v) is 4.07. The van der Waals surface area contributed by atoms with Gasteiger partial charge in [-0.15, -0.1) is 0 Å². The van der Waals surface area contributed by atoms with Crippen molar-refractivity contribution >= 4 is 6.09 Å². The fraction of sp³-hybridized carbons (Fsp3) is 0.933. The molecule has 1 heterocycles. The third kappa shape index (κ3) is 4.68. The van der Waals surface area contributed by atoms with Crippen molar-refractivity contribution in [2.45, 2.75) is 64.5 Å². The number of nitrogens with one attached hydrogen (secondary N) is 1. The number of nitrogens with zero attached hydrogens (tertiary/aromatic N) is 1. The molecule has 4 nitrogen and oxygen atoms in total. The molecule has 2 rings (SSSR count). The highest BCUT2D eigenvalue weighted by atomic mass is 16.6. The number of carbonyl (C=O) groups is 1. The van der Waals surface area contributed by atoms with Crippen molar-refractivity contribution in [2.75, 3.05) is 19.6 Å². The maximum atomic E-state index is 11.9. The van der Waals surface area contributed by atoms with Gasteiger partial charge in [0.1, 0.15) is 5.60 Å². The van der Waals surface area contributed by atoms with Gasteiger partial charge in [0.05, 0.1) is 0 Å². The second-order valence-electron chi connectivity index (χ2n) is 6.95. The van der Waals surface area contributed by atoms with Crippen molar-refractivity contribution in [2.24, 2.45) is 5.92 Å². The van der Waals surface area contributed by atoms with Crippen LogP contribution in [-0.2, 0) is 4.74 Å². The van der Waals surface area contributed by atoms with Crippen LogP contribution in [0.1, 0.15) is 52.9 Å². The summed E-state index contributed by atoms with van der Waals surface area (Å²) in [6.07, 6.45) is 6.12. The van der Waals surface area contributed by atoms with Gasteiger partial charge in [-0.3, -0.25) is 0 Å². The number of ether oxygens (including phenoxy) is 1. The summed E-state index contributed by atoms with van der Waals surface area (Å²) in [5.41, 5.74) is -0.392. The van der Waals surface area contributed by atoms with Crippen molar-refractivity contribution in [3.8, 4) is 0 Å². The Balaban J connectivity index is 1.65. The summed E-state index contributed by atoms with van der Waals surface area (Å²) >= 11 is 0. The lowest BCUT2D eigenvalue weighted by Gasteiger charge is -2.35. The van der Waals surface area contributed by atoms with Gasteiger partial charge in [-0.25, -0.2) is 4.79 Å². The Labute approximate surface area is 116 Å². The molecule has 2 fully saturated rings. The van der Waals surface area contributed by atoms with Crippen molar-refractivity contribution < 1.29 is 9.53 Å². The summed E-state index contributed by atoms with van der Waals surface area (Å²) in [6.45, 7) is 8.54. The summed E-state index contributed by atoms with van der Waals surface area (Å²) in [5, 5.41) is 3.65. The molecule has 2 aliphatic rings. The highest BCUT2D eigenvalue weighted by molar-refractivity contribution is 5.68. The molecule has 0 aromatic heterocycles. The van der Waals surface area contributed by atoms with Crippen LogP contribution in [0.5, 0.6) is 0 Å². The van der Waals surface area contributed by atoms with E-state index in [1.165, 1.54) is 19.3 Å². The number of rotatable bonds is 3. The lowest BCUT2D eigenvalue weighted by molar-refractivity contribution is 0.0196. The van der Waals surface area contributed by atoms with Gasteiger partial charge in [0.25, 0.3) is 0 Å². The first-order valence-electron chi connectivity index (χ1n) is 7.65. The van der Waals surface area contributed by atoms with Gasteiger partial charge in [-0.05, 0) is 58.9 Å². The van der Waals surface area contributed by atoms with E-state index in [4.69, 9.17) is 4.74 Å². The van der Waals surface area contributed by atoms with Gasteiger partial charge in [0.15, 0.2) is 0 Å². The Morgan fingerprint density at radius 2 is 1.84 bits per heavy atom. The maximum Gasteiger partial charge on any atom is 0.410 e. The SMILES string of the molecule is CC(C)(C)OC(=O)N1CCC(NCC2CCC2)CC1. The molecule has 1 N–H and O–H groups in total. The summed E-state index contributed by atoms with van der Waals surface area (Å²) in [5.74, 6) is 0.906. The minimum Gasteiger partial charge on any atom is -0.444 e. The zero-order valence-corrected chi connectivity index (χ0v) is 12.6. The molecule has 0 aromatic carbocycles. The van der Waals surface area contributed by atoms with Crippen LogP contribution in [-0.4, -0.2) is 42.3 Å². The zero-order valence-electron chi connectivity index (χ0n) is 12.6. The molecule has 1 aliphatic carbocycles. The topological polar surface area (TPSA) is 41.6 Å². The average molecular weight is 268 g/mol. The molecule has 19 heavy (non-hydrogen) atoms. The molecule has 0 bridgehead atoms. The van der Waals surface area contributed by atoms with E-state index in [2.05, 4.69) is 5.32 Å². The van der Waals surface area contributed by atoms with Gasteiger partial charge >= 0.3 is 6.09 Å². The number of hydrogen-bond donors (Lipinski definition) is 1. The van der Waals surface area contributed by atoms with Crippen molar-refractivity contribution in [1.82, 2.24) is 10.2 Å². The Morgan fingerprint density at radius 3 is 2.32 bits per heavy atom. The molecule has 1 saturated carbocycles. The highest BCUT2D eigenvalue weighted by Gasteiger charge is 2.27. The first-order chi connectivity index (χ1) is 8.94. The number of amides is 1. The fourth-order valence-corrected chi connectivity index (χ4v) is 2.62. The van der Waals surface area contributed by atoms with Crippen LogP contribution in [0.3, 0.4) is 0 Å². The fourth-order valence-electron chi connectivity index (χ4n) is 2.62. The predicted octanol–water partition coefficient (Wildman–Crippen LogP) is 2.78. The van der Waals surface area contributed by atoms with Gasteiger partial charge in [0.2, 0.25) is 0 Å². The molecule has 4 heteroatoms. The van der Waals surface area contributed by atoms with Crippen molar-refractivity contribution in [1.29, 1.82) is 0 Å². The van der Waals surface area contributed by atoms with Gasteiger partial charge in [0, 0.05) is 19.1 Å².